The molecule has 0 radical (unpaired) electrons. The molecule has 72 valence electrons. The van der Waals surface area contributed by atoms with Crippen LogP contribution in [0.4, 0.5) is 0 Å². The summed E-state index contributed by atoms with van der Waals surface area (Å²) < 4.78 is 0. The van der Waals surface area contributed by atoms with Crippen molar-refractivity contribution in [2.24, 2.45) is 5.92 Å². The van der Waals surface area contributed by atoms with Gasteiger partial charge in [0.05, 0.1) is 6.10 Å². The largest absolute Gasteiger partial charge is 0.396 e. The zero-order valence-corrected chi connectivity index (χ0v) is 7.74. The zero-order valence-electron chi connectivity index (χ0n) is 7.74. The molecule has 12 heavy (non-hydrogen) atoms. The van der Waals surface area contributed by atoms with Crippen molar-refractivity contribution in [2.45, 2.75) is 25.9 Å². The molecule has 0 spiro atoms. The molecule has 1 rings (SSSR count). The highest BCUT2D eigenvalue weighted by Crippen LogP contribution is 2.16. The van der Waals surface area contributed by atoms with Crippen LogP contribution in [-0.2, 0) is 0 Å². The predicted octanol–water partition coefficient (Wildman–Crippen LogP) is 0.0715. The lowest BCUT2D eigenvalue weighted by atomic mass is 9.98. The van der Waals surface area contributed by atoms with Gasteiger partial charge in [-0.15, -0.1) is 0 Å². The van der Waals surface area contributed by atoms with E-state index in [0.29, 0.717) is 12.5 Å². The zero-order chi connectivity index (χ0) is 8.97. The summed E-state index contributed by atoms with van der Waals surface area (Å²) in [7, 11) is 0. The lowest BCUT2D eigenvalue weighted by Crippen LogP contribution is -2.38. The first-order chi connectivity index (χ1) is 5.72. The third-order valence-electron chi connectivity index (χ3n) is 2.49. The van der Waals surface area contributed by atoms with Gasteiger partial charge in [-0.25, -0.2) is 0 Å². The summed E-state index contributed by atoms with van der Waals surface area (Å²) in [6.07, 6.45) is 1.92. The maximum absolute atomic E-state index is 9.14. The lowest BCUT2D eigenvalue weighted by Gasteiger charge is -2.31. The molecule has 0 aromatic heterocycles. The number of hydrogen-bond acceptors (Lipinski definition) is 3. The minimum atomic E-state index is -0.226. The molecule has 2 N–H and O–H groups in total. The molecule has 1 aliphatic heterocycles. The van der Waals surface area contributed by atoms with Crippen LogP contribution in [-0.4, -0.2) is 47.5 Å². The fourth-order valence-corrected chi connectivity index (χ4v) is 1.73. The molecule has 1 aliphatic rings. The van der Waals surface area contributed by atoms with Gasteiger partial charge in [-0.2, -0.15) is 0 Å². The molecule has 3 heteroatoms. The second kappa shape index (κ2) is 4.80. The van der Waals surface area contributed by atoms with E-state index in [-0.39, 0.29) is 6.10 Å². The van der Waals surface area contributed by atoms with Gasteiger partial charge in [0.25, 0.3) is 0 Å². The predicted molar refractivity (Wildman–Crippen MR) is 47.9 cm³/mol. The number of likely N-dealkylation sites (tertiary alicyclic amines) is 1. The first-order valence-electron chi connectivity index (χ1n) is 4.73. The van der Waals surface area contributed by atoms with Gasteiger partial charge < -0.3 is 15.1 Å². The molecule has 3 nitrogen and oxygen atoms in total. The van der Waals surface area contributed by atoms with E-state index in [2.05, 4.69) is 4.90 Å². The molecule has 1 heterocycles. The highest BCUT2D eigenvalue weighted by molar-refractivity contribution is 4.72. The summed E-state index contributed by atoms with van der Waals surface area (Å²) in [6.45, 7) is 4.96. The van der Waals surface area contributed by atoms with Crippen molar-refractivity contribution in [3.8, 4) is 0 Å². The summed E-state index contributed by atoms with van der Waals surface area (Å²) in [5.74, 6) is 0.496. The van der Waals surface area contributed by atoms with Gasteiger partial charge in [-0.05, 0) is 38.8 Å². The highest BCUT2D eigenvalue weighted by Gasteiger charge is 2.18. The van der Waals surface area contributed by atoms with E-state index in [4.69, 9.17) is 10.2 Å². The van der Waals surface area contributed by atoms with Crippen LogP contribution in [0.25, 0.3) is 0 Å². The number of β-amino-alcohol motifs (C(OH)–C–C–N with tert-alkyl or cyclic N) is 1. The maximum atomic E-state index is 9.14. The van der Waals surface area contributed by atoms with Crippen LogP contribution in [0.5, 0.6) is 0 Å². The van der Waals surface area contributed by atoms with E-state index in [1.807, 2.05) is 6.92 Å². The minimum Gasteiger partial charge on any atom is -0.396 e. The molecular formula is C9H19NO2. The second-order valence-corrected chi connectivity index (χ2v) is 3.78. The standard InChI is InChI=1S/C9H19NO2/c1-8(12)6-10-4-2-9(7-11)3-5-10/h8-9,11-12H,2-7H2,1H3. The number of hydrogen-bond donors (Lipinski definition) is 2. The first-order valence-corrected chi connectivity index (χ1v) is 4.73. The Hall–Kier alpha value is -0.120. The minimum absolute atomic E-state index is 0.226. The smallest absolute Gasteiger partial charge is 0.0639 e. The summed E-state index contributed by atoms with van der Waals surface area (Å²) in [4.78, 5) is 2.26. The van der Waals surface area contributed by atoms with Gasteiger partial charge in [-0.3, -0.25) is 0 Å². The fourth-order valence-electron chi connectivity index (χ4n) is 1.73. The average molecular weight is 173 g/mol. The Labute approximate surface area is 74.0 Å². The van der Waals surface area contributed by atoms with Crippen LogP contribution in [0.15, 0.2) is 0 Å². The van der Waals surface area contributed by atoms with Crippen LogP contribution in [0.3, 0.4) is 0 Å². The van der Waals surface area contributed by atoms with Crippen LogP contribution in [0.1, 0.15) is 19.8 Å². The number of aliphatic hydroxyl groups excluding tert-OH is 2. The lowest BCUT2D eigenvalue weighted by molar-refractivity contribution is 0.0846. The summed E-state index contributed by atoms with van der Waals surface area (Å²) in [5, 5.41) is 18.0. The third-order valence-corrected chi connectivity index (χ3v) is 2.49. The van der Waals surface area contributed by atoms with Crippen molar-refractivity contribution in [1.82, 2.24) is 4.90 Å². The van der Waals surface area contributed by atoms with Crippen molar-refractivity contribution in [2.75, 3.05) is 26.2 Å². The molecule has 1 atom stereocenters. The van der Waals surface area contributed by atoms with Gasteiger partial charge in [0, 0.05) is 13.2 Å². The van der Waals surface area contributed by atoms with Crippen molar-refractivity contribution < 1.29 is 10.2 Å². The molecule has 1 saturated heterocycles. The Kier molecular flexibility index (Phi) is 3.98. The van der Waals surface area contributed by atoms with E-state index >= 15 is 0 Å². The molecule has 1 unspecified atom stereocenters. The molecule has 0 amide bonds. The monoisotopic (exact) mass is 173 g/mol. The number of nitrogens with zero attached hydrogens (tertiary/aromatic N) is 1. The quantitative estimate of drug-likeness (QED) is 0.635. The Bertz CT molecular complexity index is 120. The van der Waals surface area contributed by atoms with E-state index in [1.54, 1.807) is 0 Å². The molecule has 0 saturated carbocycles. The van der Waals surface area contributed by atoms with E-state index < -0.39 is 0 Å². The topological polar surface area (TPSA) is 43.7 Å². The Morgan fingerprint density at radius 2 is 2.00 bits per heavy atom. The normalized spacial score (nSPS) is 24.2. The van der Waals surface area contributed by atoms with Gasteiger partial charge in [0.1, 0.15) is 0 Å². The van der Waals surface area contributed by atoms with Gasteiger partial charge in [0.2, 0.25) is 0 Å². The van der Waals surface area contributed by atoms with Crippen molar-refractivity contribution >= 4 is 0 Å². The Morgan fingerprint density at radius 1 is 1.42 bits per heavy atom. The fraction of sp³-hybridized carbons (Fsp3) is 1.00. The molecule has 0 bridgehead atoms. The van der Waals surface area contributed by atoms with E-state index in [9.17, 15) is 0 Å². The van der Waals surface area contributed by atoms with Crippen molar-refractivity contribution in [1.29, 1.82) is 0 Å². The number of aliphatic hydroxyl groups is 2. The summed E-state index contributed by atoms with van der Waals surface area (Å²) in [6, 6.07) is 0. The average Bonchev–Trinajstić information content (AvgIpc) is 2.05. The third kappa shape index (κ3) is 3.09. The first kappa shape index (κ1) is 9.96. The molecule has 1 fully saturated rings. The van der Waals surface area contributed by atoms with Crippen molar-refractivity contribution in [3.05, 3.63) is 0 Å². The van der Waals surface area contributed by atoms with Gasteiger partial charge >= 0.3 is 0 Å². The maximum Gasteiger partial charge on any atom is 0.0639 e. The molecule has 0 aliphatic carbocycles. The summed E-state index contributed by atoms with van der Waals surface area (Å²) in [5.41, 5.74) is 0. The van der Waals surface area contributed by atoms with Crippen molar-refractivity contribution in [3.63, 3.8) is 0 Å². The molecular weight excluding hydrogens is 154 g/mol. The Balaban J connectivity index is 2.17. The number of rotatable bonds is 3. The highest BCUT2D eigenvalue weighted by atomic mass is 16.3. The van der Waals surface area contributed by atoms with Crippen LogP contribution >= 0.6 is 0 Å². The molecule has 0 aromatic rings. The summed E-state index contributed by atoms with van der Waals surface area (Å²) >= 11 is 0. The SMILES string of the molecule is CC(O)CN1CCC(CO)CC1. The van der Waals surface area contributed by atoms with Crippen LogP contribution < -0.4 is 0 Å². The van der Waals surface area contributed by atoms with E-state index in [1.165, 1.54) is 0 Å². The second-order valence-electron chi connectivity index (χ2n) is 3.78. The Morgan fingerprint density at radius 3 is 2.42 bits per heavy atom. The number of piperidine rings is 1. The van der Waals surface area contributed by atoms with Crippen LogP contribution in [0, 0.1) is 5.92 Å². The van der Waals surface area contributed by atoms with E-state index in [0.717, 1.165) is 32.5 Å². The van der Waals surface area contributed by atoms with Crippen LogP contribution in [0.2, 0.25) is 0 Å². The molecule has 0 aromatic carbocycles. The van der Waals surface area contributed by atoms with Gasteiger partial charge in [-0.1, -0.05) is 0 Å². The van der Waals surface area contributed by atoms with Gasteiger partial charge in [0.15, 0.2) is 0 Å².